The molecule has 1 aromatic carbocycles. The molecule has 3 nitrogen and oxygen atoms in total. The number of aryl methyl sites for hydroxylation is 1. The molecule has 0 radical (unpaired) electrons. The monoisotopic (exact) mass is 243 g/mol. The summed E-state index contributed by atoms with van der Waals surface area (Å²) in [6.07, 6.45) is 0. The second-order valence-electron chi connectivity index (χ2n) is 4.45. The van der Waals surface area contributed by atoms with Crippen LogP contribution in [-0.4, -0.2) is 9.97 Å². The Morgan fingerprint density at radius 3 is 2.61 bits per heavy atom. The van der Waals surface area contributed by atoms with Crippen molar-refractivity contribution in [1.29, 1.82) is 0 Å². The van der Waals surface area contributed by atoms with E-state index in [4.69, 9.17) is 5.73 Å². The third kappa shape index (κ3) is 1.71. The number of fused-ring (bicyclic) bond motifs is 1. The van der Waals surface area contributed by atoms with Crippen LogP contribution in [0.4, 0.5) is 4.39 Å². The molecule has 4 heteroatoms. The zero-order valence-electron chi connectivity index (χ0n) is 10.0. The zero-order chi connectivity index (χ0) is 12.7. The Hall–Kier alpha value is -2.07. The van der Waals surface area contributed by atoms with Crippen LogP contribution in [-0.2, 0) is 6.54 Å². The fourth-order valence-electron chi connectivity index (χ4n) is 2.20. The Balaban J connectivity index is 2.13. The van der Waals surface area contributed by atoms with E-state index in [1.54, 1.807) is 6.07 Å². The lowest BCUT2D eigenvalue weighted by Crippen LogP contribution is -1.95. The third-order valence-corrected chi connectivity index (χ3v) is 3.22. The Morgan fingerprint density at radius 1 is 1.11 bits per heavy atom. The number of H-pyrrole nitrogens is 2. The van der Waals surface area contributed by atoms with Crippen molar-refractivity contribution in [3.05, 3.63) is 47.4 Å². The highest BCUT2D eigenvalue weighted by Crippen LogP contribution is 2.25. The van der Waals surface area contributed by atoms with Gasteiger partial charge in [0.2, 0.25) is 0 Å². The summed E-state index contributed by atoms with van der Waals surface area (Å²) in [5.74, 6) is -0.235. The lowest BCUT2D eigenvalue weighted by atomic mass is 10.2. The molecular weight excluding hydrogens is 229 g/mol. The quantitative estimate of drug-likeness (QED) is 0.636. The van der Waals surface area contributed by atoms with Gasteiger partial charge in [-0.05, 0) is 42.8 Å². The minimum Gasteiger partial charge on any atom is -0.357 e. The van der Waals surface area contributed by atoms with Gasteiger partial charge in [-0.3, -0.25) is 0 Å². The van der Waals surface area contributed by atoms with E-state index < -0.39 is 0 Å². The maximum atomic E-state index is 13.1. The normalized spacial score (nSPS) is 11.3. The Labute approximate surface area is 104 Å². The Kier molecular flexibility index (Phi) is 2.45. The van der Waals surface area contributed by atoms with Crippen LogP contribution in [0.5, 0.6) is 0 Å². The molecule has 4 N–H and O–H groups in total. The molecule has 0 aliphatic rings. The van der Waals surface area contributed by atoms with E-state index in [0.29, 0.717) is 6.54 Å². The average Bonchev–Trinajstić information content (AvgIpc) is 2.91. The minimum absolute atomic E-state index is 0.235. The number of nitrogens with one attached hydrogen (secondary N) is 2. The number of aromatic amines is 2. The molecule has 0 atom stereocenters. The number of halogens is 1. The number of hydrogen-bond donors (Lipinski definition) is 3. The van der Waals surface area contributed by atoms with Gasteiger partial charge in [-0.2, -0.15) is 0 Å². The second kappa shape index (κ2) is 3.99. The van der Waals surface area contributed by atoms with E-state index in [2.05, 4.69) is 9.97 Å². The molecule has 0 saturated carbocycles. The van der Waals surface area contributed by atoms with Gasteiger partial charge in [-0.1, -0.05) is 0 Å². The van der Waals surface area contributed by atoms with Crippen molar-refractivity contribution in [3.8, 4) is 11.4 Å². The summed E-state index contributed by atoms with van der Waals surface area (Å²) in [5.41, 5.74) is 10.5. The topological polar surface area (TPSA) is 57.6 Å². The number of aromatic nitrogens is 2. The van der Waals surface area contributed by atoms with E-state index >= 15 is 0 Å². The highest BCUT2D eigenvalue weighted by molar-refractivity contribution is 5.85. The first-order valence-corrected chi connectivity index (χ1v) is 5.84. The Morgan fingerprint density at radius 2 is 1.89 bits per heavy atom. The molecule has 0 aliphatic heterocycles. The third-order valence-electron chi connectivity index (χ3n) is 3.22. The molecule has 0 fully saturated rings. The summed E-state index contributed by atoms with van der Waals surface area (Å²) in [4.78, 5) is 6.49. The number of hydrogen-bond acceptors (Lipinski definition) is 1. The van der Waals surface area contributed by atoms with Gasteiger partial charge in [-0.25, -0.2) is 4.39 Å². The van der Waals surface area contributed by atoms with Gasteiger partial charge in [0.05, 0.1) is 11.4 Å². The minimum atomic E-state index is -0.235. The molecule has 0 spiro atoms. The summed E-state index contributed by atoms with van der Waals surface area (Å²) in [5, 5.41) is 0.993. The van der Waals surface area contributed by atoms with E-state index in [1.807, 2.05) is 19.1 Å². The highest BCUT2D eigenvalue weighted by Gasteiger charge is 2.08. The maximum Gasteiger partial charge on any atom is 0.125 e. The molecule has 2 aromatic heterocycles. The van der Waals surface area contributed by atoms with E-state index in [0.717, 1.165) is 33.5 Å². The molecule has 0 amide bonds. The van der Waals surface area contributed by atoms with Crippen LogP contribution in [0.2, 0.25) is 0 Å². The first kappa shape index (κ1) is 11.0. The lowest BCUT2D eigenvalue weighted by molar-refractivity contribution is 0.629. The van der Waals surface area contributed by atoms with Gasteiger partial charge in [-0.15, -0.1) is 0 Å². The average molecular weight is 243 g/mol. The first-order chi connectivity index (χ1) is 8.67. The molecular formula is C14H14FN3. The van der Waals surface area contributed by atoms with E-state index in [-0.39, 0.29) is 5.82 Å². The van der Waals surface area contributed by atoms with Gasteiger partial charge in [0.1, 0.15) is 5.82 Å². The van der Waals surface area contributed by atoms with Gasteiger partial charge in [0, 0.05) is 23.1 Å². The number of benzene rings is 1. The van der Waals surface area contributed by atoms with Crippen molar-refractivity contribution in [1.82, 2.24) is 9.97 Å². The molecule has 92 valence electrons. The van der Waals surface area contributed by atoms with Gasteiger partial charge in [0.15, 0.2) is 0 Å². The van der Waals surface area contributed by atoms with Crippen LogP contribution in [0.1, 0.15) is 11.3 Å². The zero-order valence-corrected chi connectivity index (χ0v) is 10.0. The van der Waals surface area contributed by atoms with E-state index in [9.17, 15) is 4.39 Å². The van der Waals surface area contributed by atoms with Crippen LogP contribution in [0, 0.1) is 12.7 Å². The molecule has 3 aromatic rings. The summed E-state index contributed by atoms with van der Waals surface area (Å²) in [6, 6.07) is 8.75. The number of rotatable bonds is 2. The van der Waals surface area contributed by atoms with Crippen molar-refractivity contribution in [2.45, 2.75) is 13.5 Å². The van der Waals surface area contributed by atoms with Gasteiger partial charge in [0.25, 0.3) is 0 Å². The van der Waals surface area contributed by atoms with Crippen LogP contribution in [0.15, 0.2) is 30.3 Å². The van der Waals surface area contributed by atoms with Crippen LogP contribution in [0.25, 0.3) is 22.3 Å². The van der Waals surface area contributed by atoms with Crippen molar-refractivity contribution in [2.75, 3.05) is 0 Å². The fourth-order valence-corrected chi connectivity index (χ4v) is 2.20. The number of nitrogens with two attached hydrogens (primary N) is 1. The summed E-state index contributed by atoms with van der Waals surface area (Å²) in [6.45, 7) is 2.51. The van der Waals surface area contributed by atoms with E-state index in [1.165, 1.54) is 12.1 Å². The van der Waals surface area contributed by atoms with Crippen molar-refractivity contribution in [2.24, 2.45) is 5.73 Å². The largest absolute Gasteiger partial charge is 0.357 e. The summed E-state index contributed by atoms with van der Waals surface area (Å²) >= 11 is 0. The lowest BCUT2D eigenvalue weighted by Gasteiger charge is -1.91. The smallest absolute Gasteiger partial charge is 0.125 e. The van der Waals surface area contributed by atoms with Crippen LogP contribution >= 0.6 is 0 Å². The Bertz CT molecular complexity index is 709. The predicted octanol–water partition coefficient (Wildman–Crippen LogP) is 3.07. The van der Waals surface area contributed by atoms with Crippen molar-refractivity contribution < 1.29 is 4.39 Å². The molecule has 2 heterocycles. The van der Waals surface area contributed by atoms with Crippen LogP contribution in [0.3, 0.4) is 0 Å². The second-order valence-corrected chi connectivity index (χ2v) is 4.45. The summed E-state index contributed by atoms with van der Waals surface area (Å²) < 4.78 is 13.1. The predicted molar refractivity (Wildman–Crippen MR) is 70.7 cm³/mol. The van der Waals surface area contributed by atoms with Crippen LogP contribution < -0.4 is 5.73 Å². The highest BCUT2D eigenvalue weighted by atomic mass is 19.1. The molecule has 0 saturated heterocycles. The molecule has 3 rings (SSSR count). The maximum absolute atomic E-state index is 13.1. The first-order valence-electron chi connectivity index (χ1n) is 5.84. The fraction of sp³-hybridized carbons (Fsp3) is 0.143. The van der Waals surface area contributed by atoms with Gasteiger partial charge < -0.3 is 15.7 Å². The van der Waals surface area contributed by atoms with Gasteiger partial charge >= 0.3 is 0 Å². The van der Waals surface area contributed by atoms with Crippen molar-refractivity contribution in [3.63, 3.8) is 0 Å². The molecule has 0 unspecified atom stereocenters. The van der Waals surface area contributed by atoms with Crippen molar-refractivity contribution >= 4 is 10.9 Å². The molecule has 18 heavy (non-hydrogen) atoms. The summed E-state index contributed by atoms with van der Waals surface area (Å²) in [7, 11) is 0. The molecule has 0 aliphatic carbocycles. The molecule has 0 bridgehead atoms. The standard InChI is InChI=1S/C14H14FN3/c1-8-10(7-16)5-13(17-8)14-4-9-2-3-11(15)6-12(9)18-14/h2-6,17-18H,7,16H2,1H3. The SMILES string of the molecule is Cc1[nH]c(-c2cc3ccc(F)cc3[nH]2)cc1CN.